The molecule has 2 nitrogen and oxygen atoms in total. The summed E-state index contributed by atoms with van der Waals surface area (Å²) in [6.45, 7) is 3.29. The van der Waals surface area contributed by atoms with Gasteiger partial charge in [0, 0.05) is 0 Å². The fraction of sp³-hybridized carbons (Fsp3) is 0.455. The van der Waals surface area contributed by atoms with E-state index < -0.39 is 0 Å². The lowest BCUT2D eigenvalue weighted by Gasteiger charge is -2.22. The van der Waals surface area contributed by atoms with Crippen molar-refractivity contribution < 1.29 is 9.47 Å². The van der Waals surface area contributed by atoms with Crippen molar-refractivity contribution in [3.8, 4) is 11.5 Å². The van der Waals surface area contributed by atoms with Crippen molar-refractivity contribution in [3.05, 3.63) is 59.7 Å². The van der Waals surface area contributed by atoms with Crippen molar-refractivity contribution in [2.24, 2.45) is 0 Å². The molecule has 0 unspecified atom stereocenters. The van der Waals surface area contributed by atoms with Crippen LogP contribution in [-0.4, -0.2) is 13.2 Å². The average Bonchev–Trinajstić information content (AvgIpc) is 2.67. The van der Waals surface area contributed by atoms with Gasteiger partial charge in [0.1, 0.15) is 24.7 Å². The van der Waals surface area contributed by atoms with E-state index in [4.69, 9.17) is 9.47 Å². The highest BCUT2D eigenvalue weighted by Crippen LogP contribution is 2.33. The zero-order chi connectivity index (χ0) is 16.6. The van der Waals surface area contributed by atoms with Crippen LogP contribution in [0, 0.1) is 0 Å². The Morgan fingerprint density at radius 2 is 1.29 bits per heavy atom. The Bertz CT molecular complexity index is 595. The Balaban J connectivity index is 1.41. The van der Waals surface area contributed by atoms with Crippen LogP contribution in [0.5, 0.6) is 11.5 Å². The topological polar surface area (TPSA) is 18.5 Å². The number of aryl methyl sites for hydroxylation is 1. The van der Waals surface area contributed by atoms with Gasteiger partial charge in [-0.05, 0) is 60.6 Å². The van der Waals surface area contributed by atoms with E-state index in [0.29, 0.717) is 13.2 Å². The van der Waals surface area contributed by atoms with Crippen molar-refractivity contribution in [2.45, 2.75) is 51.4 Å². The number of rotatable bonds is 7. The highest BCUT2D eigenvalue weighted by Gasteiger charge is 2.15. The van der Waals surface area contributed by atoms with Crippen LogP contribution in [0.3, 0.4) is 0 Å². The highest BCUT2D eigenvalue weighted by molar-refractivity contribution is 5.30. The van der Waals surface area contributed by atoms with Crippen molar-refractivity contribution in [2.75, 3.05) is 13.2 Å². The Morgan fingerprint density at radius 3 is 1.83 bits per heavy atom. The molecule has 0 saturated heterocycles. The van der Waals surface area contributed by atoms with Crippen molar-refractivity contribution in [1.29, 1.82) is 0 Å². The van der Waals surface area contributed by atoms with Gasteiger partial charge >= 0.3 is 0 Å². The minimum atomic E-state index is 0.565. The molecule has 0 amide bonds. The molecule has 128 valence electrons. The van der Waals surface area contributed by atoms with Crippen LogP contribution in [0.4, 0.5) is 0 Å². The molecule has 0 aromatic heterocycles. The summed E-state index contributed by atoms with van der Waals surface area (Å²) in [5.74, 6) is 2.59. The van der Waals surface area contributed by atoms with E-state index >= 15 is 0 Å². The molecule has 2 heteroatoms. The van der Waals surface area contributed by atoms with Gasteiger partial charge in [-0.2, -0.15) is 0 Å². The van der Waals surface area contributed by atoms with Crippen LogP contribution >= 0.6 is 0 Å². The molecule has 0 bridgehead atoms. The van der Waals surface area contributed by atoms with Gasteiger partial charge in [0.15, 0.2) is 0 Å². The van der Waals surface area contributed by atoms with E-state index in [9.17, 15) is 0 Å². The largest absolute Gasteiger partial charge is 0.490 e. The molecule has 0 atom stereocenters. The number of ether oxygens (including phenoxy) is 2. The lowest BCUT2D eigenvalue weighted by molar-refractivity contribution is 0.217. The molecule has 24 heavy (non-hydrogen) atoms. The van der Waals surface area contributed by atoms with Crippen LogP contribution in [0.15, 0.2) is 48.5 Å². The van der Waals surface area contributed by atoms with E-state index in [-0.39, 0.29) is 0 Å². The number of hydrogen-bond donors (Lipinski definition) is 0. The van der Waals surface area contributed by atoms with Crippen molar-refractivity contribution >= 4 is 0 Å². The Hall–Kier alpha value is -1.96. The number of benzene rings is 2. The molecule has 2 aromatic rings. The maximum Gasteiger partial charge on any atom is 0.122 e. The molecule has 0 spiro atoms. The van der Waals surface area contributed by atoms with E-state index in [1.807, 2.05) is 12.1 Å². The summed E-state index contributed by atoms with van der Waals surface area (Å²) in [6, 6.07) is 16.9. The molecule has 0 heterocycles. The summed E-state index contributed by atoms with van der Waals surface area (Å²) >= 11 is 0. The molecule has 2 aromatic carbocycles. The number of hydrogen-bond acceptors (Lipinski definition) is 2. The second-order valence-electron chi connectivity index (χ2n) is 6.60. The monoisotopic (exact) mass is 324 g/mol. The normalized spacial score (nSPS) is 15.2. The average molecular weight is 324 g/mol. The minimum absolute atomic E-state index is 0.565. The van der Waals surface area contributed by atoms with Gasteiger partial charge in [0.2, 0.25) is 0 Å². The lowest BCUT2D eigenvalue weighted by atomic mass is 9.84. The fourth-order valence-electron chi connectivity index (χ4n) is 3.41. The molecular formula is C22H28O2. The SMILES string of the molecule is CCc1ccc(OCCOc2ccc(C3CCCCC3)cc2)cc1. The van der Waals surface area contributed by atoms with Crippen LogP contribution in [0.2, 0.25) is 0 Å². The predicted molar refractivity (Wildman–Crippen MR) is 99.1 cm³/mol. The third-order valence-electron chi connectivity index (χ3n) is 4.91. The summed E-state index contributed by atoms with van der Waals surface area (Å²) in [5.41, 5.74) is 2.80. The van der Waals surface area contributed by atoms with Crippen LogP contribution < -0.4 is 9.47 Å². The van der Waals surface area contributed by atoms with Gasteiger partial charge in [0.25, 0.3) is 0 Å². The highest BCUT2D eigenvalue weighted by atomic mass is 16.5. The molecule has 1 fully saturated rings. The molecule has 0 N–H and O–H groups in total. The van der Waals surface area contributed by atoms with Gasteiger partial charge in [-0.15, -0.1) is 0 Å². The first-order valence-electron chi connectivity index (χ1n) is 9.29. The first-order valence-corrected chi connectivity index (χ1v) is 9.29. The first kappa shape index (κ1) is 16.9. The van der Waals surface area contributed by atoms with Crippen molar-refractivity contribution in [3.63, 3.8) is 0 Å². The summed E-state index contributed by atoms with van der Waals surface area (Å²) in [5, 5.41) is 0. The van der Waals surface area contributed by atoms with E-state index in [2.05, 4.69) is 43.3 Å². The standard InChI is InChI=1S/C22H28O2/c1-2-18-8-12-21(13-9-18)23-16-17-24-22-14-10-20(11-15-22)19-6-4-3-5-7-19/h8-15,19H,2-7,16-17H2,1H3. The molecule has 0 radical (unpaired) electrons. The third kappa shape index (κ3) is 4.77. The summed E-state index contributed by atoms with van der Waals surface area (Å²) in [7, 11) is 0. The van der Waals surface area contributed by atoms with E-state index in [0.717, 1.165) is 23.8 Å². The van der Waals surface area contributed by atoms with Gasteiger partial charge < -0.3 is 9.47 Å². The summed E-state index contributed by atoms with van der Waals surface area (Å²) in [4.78, 5) is 0. The molecule has 3 rings (SSSR count). The predicted octanol–water partition coefficient (Wildman–Crippen LogP) is 5.75. The maximum absolute atomic E-state index is 5.79. The molecule has 1 aliphatic rings. The quantitative estimate of drug-likeness (QED) is 0.603. The van der Waals surface area contributed by atoms with Crippen LogP contribution in [0.25, 0.3) is 0 Å². The molecule has 0 aliphatic heterocycles. The second kappa shape index (κ2) is 8.77. The molecule has 1 aliphatic carbocycles. The molecule has 1 saturated carbocycles. The van der Waals surface area contributed by atoms with E-state index in [1.165, 1.54) is 43.2 Å². The Morgan fingerprint density at radius 1 is 0.750 bits per heavy atom. The van der Waals surface area contributed by atoms with Gasteiger partial charge in [-0.25, -0.2) is 0 Å². The lowest BCUT2D eigenvalue weighted by Crippen LogP contribution is -2.09. The Kier molecular flexibility index (Phi) is 6.17. The smallest absolute Gasteiger partial charge is 0.122 e. The zero-order valence-electron chi connectivity index (χ0n) is 14.7. The van der Waals surface area contributed by atoms with Gasteiger partial charge in [0.05, 0.1) is 0 Å². The first-order chi connectivity index (χ1) is 11.8. The third-order valence-corrected chi connectivity index (χ3v) is 4.91. The van der Waals surface area contributed by atoms with Gasteiger partial charge in [-0.1, -0.05) is 50.5 Å². The fourth-order valence-corrected chi connectivity index (χ4v) is 3.41. The summed E-state index contributed by atoms with van der Waals surface area (Å²) in [6.07, 6.45) is 7.88. The minimum Gasteiger partial charge on any atom is -0.490 e. The van der Waals surface area contributed by atoms with Crippen LogP contribution in [-0.2, 0) is 6.42 Å². The maximum atomic E-state index is 5.79. The van der Waals surface area contributed by atoms with Crippen molar-refractivity contribution in [1.82, 2.24) is 0 Å². The van der Waals surface area contributed by atoms with Crippen LogP contribution in [0.1, 0.15) is 56.1 Å². The molecular weight excluding hydrogens is 296 g/mol. The zero-order valence-corrected chi connectivity index (χ0v) is 14.7. The van der Waals surface area contributed by atoms with Gasteiger partial charge in [-0.3, -0.25) is 0 Å². The summed E-state index contributed by atoms with van der Waals surface area (Å²) < 4.78 is 11.5. The second-order valence-corrected chi connectivity index (χ2v) is 6.60. The van der Waals surface area contributed by atoms with E-state index in [1.54, 1.807) is 0 Å². The Labute approximate surface area is 145 Å².